The van der Waals surface area contributed by atoms with E-state index in [1.165, 1.54) is 11.5 Å². The van der Waals surface area contributed by atoms with E-state index in [9.17, 15) is 0 Å². The number of rotatable bonds is 7. The summed E-state index contributed by atoms with van der Waals surface area (Å²) in [5.41, 5.74) is 0.420. The third-order valence-corrected chi connectivity index (χ3v) is 3.44. The SMILES string of the molecule is COCCN(CCOC)c1snc(Cl)c1C#N. The van der Waals surface area contributed by atoms with Crippen LogP contribution < -0.4 is 4.90 Å². The minimum absolute atomic E-state index is 0.257. The molecule has 0 bridgehead atoms. The summed E-state index contributed by atoms with van der Waals surface area (Å²) in [5, 5.41) is 10.1. The number of hydrogen-bond acceptors (Lipinski definition) is 6. The van der Waals surface area contributed by atoms with E-state index < -0.39 is 0 Å². The Bertz CT molecular complexity index is 383. The first kappa shape index (κ1) is 14.2. The van der Waals surface area contributed by atoms with Crippen LogP contribution in [0.2, 0.25) is 5.15 Å². The summed E-state index contributed by atoms with van der Waals surface area (Å²) in [6.45, 7) is 2.49. The lowest BCUT2D eigenvalue weighted by molar-refractivity contribution is 0.190. The van der Waals surface area contributed by atoms with Crippen LogP contribution in [0, 0.1) is 11.3 Å². The normalized spacial score (nSPS) is 10.2. The van der Waals surface area contributed by atoms with Gasteiger partial charge in [0.1, 0.15) is 16.6 Å². The van der Waals surface area contributed by atoms with Gasteiger partial charge in [-0.25, -0.2) is 0 Å². The molecule has 0 amide bonds. The maximum atomic E-state index is 9.03. The van der Waals surface area contributed by atoms with E-state index in [0.717, 1.165) is 5.00 Å². The first-order valence-electron chi connectivity index (χ1n) is 5.02. The summed E-state index contributed by atoms with van der Waals surface area (Å²) in [7, 11) is 3.28. The van der Waals surface area contributed by atoms with Gasteiger partial charge in [0.2, 0.25) is 0 Å². The molecule has 0 atom stereocenters. The fourth-order valence-corrected chi connectivity index (χ4v) is 2.37. The highest BCUT2D eigenvalue weighted by molar-refractivity contribution is 7.10. The van der Waals surface area contributed by atoms with Gasteiger partial charge in [0.05, 0.1) is 13.2 Å². The van der Waals surface area contributed by atoms with Crippen molar-refractivity contribution in [1.82, 2.24) is 4.37 Å². The summed E-state index contributed by atoms with van der Waals surface area (Å²) < 4.78 is 14.1. The van der Waals surface area contributed by atoms with Crippen LogP contribution in [-0.4, -0.2) is 44.9 Å². The molecule has 0 radical (unpaired) electrons. The maximum absolute atomic E-state index is 9.03. The van der Waals surface area contributed by atoms with Crippen LogP contribution in [0.1, 0.15) is 5.56 Å². The monoisotopic (exact) mass is 275 g/mol. The molecule has 0 aromatic carbocycles. The Morgan fingerprint density at radius 1 is 1.35 bits per heavy atom. The number of ether oxygens (including phenoxy) is 2. The molecule has 1 rings (SSSR count). The quantitative estimate of drug-likeness (QED) is 0.759. The van der Waals surface area contributed by atoms with E-state index in [2.05, 4.69) is 10.4 Å². The third kappa shape index (κ3) is 3.82. The average Bonchev–Trinajstić information content (AvgIpc) is 2.70. The van der Waals surface area contributed by atoms with Gasteiger partial charge in [-0.05, 0) is 11.5 Å². The van der Waals surface area contributed by atoms with E-state index in [-0.39, 0.29) is 5.15 Å². The van der Waals surface area contributed by atoms with Gasteiger partial charge >= 0.3 is 0 Å². The van der Waals surface area contributed by atoms with Crippen LogP contribution in [0.5, 0.6) is 0 Å². The van der Waals surface area contributed by atoms with Crippen molar-refractivity contribution in [2.75, 3.05) is 45.4 Å². The second-order valence-electron chi connectivity index (χ2n) is 3.24. The Morgan fingerprint density at radius 3 is 2.41 bits per heavy atom. The van der Waals surface area contributed by atoms with Crippen molar-refractivity contribution < 1.29 is 9.47 Å². The molecular weight excluding hydrogens is 262 g/mol. The van der Waals surface area contributed by atoms with Crippen molar-refractivity contribution in [3.8, 4) is 6.07 Å². The van der Waals surface area contributed by atoms with Gasteiger partial charge in [-0.1, -0.05) is 11.6 Å². The molecule has 17 heavy (non-hydrogen) atoms. The number of nitrogens with zero attached hydrogens (tertiary/aromatic N) is 3. The zero-order chi connectivity index (χ0) is 12.7. The molecule has 1 aromatic rings. The molecule has 0 aliphatic heterocycles. The van der Waals surface area contributed by atoms with Crippen LogP contribution in [0.15, 0.2) is 0 Å². The van der Waals surface area contributed by atoms with Crippen molar-refractivity contribution in [3.05, 3.63) is 10.7 Å². The lowest BCUT2D eigenvalue weighted by Gasteiger charge is -2.22. The molecule has 0 saturated heterocycles. The molecule has 0 N–H and O–H groups in total. The second-order valence-corrected chi connectivity index (χ2v) is 4.35. The van der Waals surface area contributed by atoms with Gasteiger partial charge < -0.3 is 14.4 Å². The summed E-state index contributed by atoms with van der Waals surface area (Å²) in [4.78, 5) is 2.00. The Morgan fingerprint density at radius 2 is 1.94 bits per heavy atom. The molecule has 1 heterocycles. The highest BCUT2D eigenvalue weighted by Gasteiger charge is 2.17. The molecule has 5 nitrogen and oxygen atoms in total. The molecule has 0 saturated carbocycles. The van der Waals surface area contributed by atoms with E-state index in [0.29, 0.717) is 31.9 Å². The molecule has 7 heteroatoms. The topological polar surface area (TPSA) is 58.4 Å². The Hall–Kier alpha value is -0.870. The van der Waals surface area contributed by atoms with Crippen molar-refractivity contribution in [1.29, 1.82) is 5.26 Å². The predicted molar refractivity (Wildman–Crippen MR) is 67.8 cm³/mol. The van der Waals surface area contributed by atoms with Crippen molar-refractivity contribution in [2.45, 2.75) is 0 Å². The third-order valence-electron chi connectivity index (χ3n) is 2.16. The van der Waals surface area contributed by atoms with Crippen LogP contribution in [0.4, 0.5) is 5.00 Å². The van der Waals surface area contributed by atoms with Crippen molar-refractivity contribution >= 4 is 28.1 Å². The number of anilines is 1. The standard InChI is InChI=1S/C10H14ClN3O2S/c1-15-5-3-14(4-6-16-2)10-8(7-12)9(11)13-17-10/h3-6H2,1-2H3. The first-order chi connectivity index (χ1) is 8.24. The zero-order valence-electron chi connectivity index (χ0n) is 9.77. The molecule has 94 valence electrons. The number of aromatic nitrogens is 1. The van der Waals surface area contributed by atoms with Gasteiger partial charge in [-0.15, -0.1) is 0 Å². The molecule has 1 aromatic heterocycles. The highest BCUT2D eigenvalue weighted by atomic mass is 35.5. The van der Waals surface area contributed by atoms with E-state index in [1.807, 2.05) is 4.90 Å². The Balaban J connectivity index is 2.83. The lowest BCUT2D eigenvalue weighted by Crippen LogP contribution is -2.30. The lowest BCUT2D eigenvalue weighted by atomic mass is 10.3. The van der Waals surface area contributed by atoms with Gasteiger partial charge in [0, 0.05) is 27.3 Å². The molecule has 0 unspecified atom stereocenters. The van der Waals surface area contributed by atoms with Crippen LogP contribution in [0.25, 0.3) is 0 Å². The van der Waals surface area contributed by atoms with Crippen LogP contribution in [-0.2, 0) is 9.47 Å². The van der Waals surface area contributed by atoms with Crippen LogP contribution in [0.3, 0.4) is 0 Å². The van der Waals surface area contributed by atoms with Gasteiger partial charge in [0.25, 0.3) is 0 Å². The van der Waals surface area contributed by atoms with Crippen LogP contribution >= 0.6 is 23.1 Å². The van der Waals surface area contributed by atoms with Gasteiger partial charge in [-0.3, -0.25) is 0 Å². The maximum Gasteiger partial charge on any atom is 0.162 e. The van der Waals surface area contributed by atoms with E-state index in [1.54, 1.807) is 14.2 Å². The largest absolute Gasteiger partial charge is 0.383 e. The van der Waals surface area contributed by atoms with E-state index in [4.69, 9.17) is 26.3 Å². The number of halogens is 1. The second kappa shape index (κ2) is 7.45. The molecular formula is C10H14ClN3O2S. The molecule has 0 spiro atoms. The Labute approximate surface area is 110 Å². The molecule has 0 aliphatic rings. The number of nitriles is 1. The first-order valence-corrected chi connectivity index (χ1v) is 6.17. The predicted octanol–water partition coefficient (Wildman–Crippen LogP) is 1.77. The minimum Gasteiger partial charge on any atom is -0.383 e. The summed E-state index contributed by atoms with van der Waals surface area (Å²) in [6, 6.07) is 2.07. The number of hydrogen-bond donors (Lipinski definition) is 0. The van der Waals surface area contributed by atoms with E-state index >= 15 is 0 Å². The Kier molecular flexibility index (Phi) is 6.22. The minimum atomic E-state index is 0.257. The highest BCUT2D eigenvalue weighted by Crippen LogP contribution is 2.30. The van der Waals surface area contributed by atoms with Gasteiger partial charge in [0.15, 0.2) is 5.15 Å². The summed E-state index contributed by atoms with van der Waals surface area (Å²) in [6.07, 6.45) is 0. The van der Waals surface area contributed by atoms with Gasteiger partial charge in [-0.2, -0.15) is 9.64 Å². The average molecular weight is 276 g/mol. The fraction of sp³-hybridized carbons (Fsp3) is 0.600. The smallest absolute Gasteiger partial charge is 0.162 e. The zero-order valence-corrected chi connectivity index (χ0v) is 11.3. The van der Waals surface area contributed by atoms with Crippen molar-refractivity contribution in [2.24, 2.45) is 0 Å². The summed E-state index contributed by atoms with van der Waals surface area (Å²) >= 11 is 7.06. The van der Waals surface area contributed by atoms with Crippen molar-refractivity contribution in [3.63, 3.8) is 0 Å². The fourth-order valence-electron chi connectivity index (χ4n) is 1.29. The molecule has 0 aliphatic carbocycles. The number of methoxy groups -OCH3 is 2. The summed E-state index contributed by atoms with van der Waals surface area (Å²) in [5.74, 6) is 0. The molecule has 0 fully saturated rings.